The topological polar surface area (TPSA) is 58.6 Å². The molecule has 0 radical (unpaired) electrons. The molecular weight excluding hydrogens is 328 g/mol. The lowest BCUT2D eigenvalue weighted by atomic mass is 9.49. The van der Waals surface area contributed by atoms with Crippen LogP contribution >= 0.6 is 0 Å². The Labute approximate surface area is 154 Å². The number of hydrogen-bond donors (Lipinski definition) is 1. The highest BCUT2D eigenvalue weighted by Crippen LogP contribution is 2.60. The van der Waals surface area contributed by atoms with Crippen molar-refractivity contribution in [2.24, 2.45) is 23.2 Å². The van der Waals surface area contributed by atoms with Gasteiger partial charge in [-0.2, -0.15) is 0 Å². The van der Waals surface area contributed by atoms with Crippen LogP contribution in [0, 0.1) is 23.2 Å². The molecule has 0 unspecified atom stereocenters. The molecule has 5 nitrogen and oxygen atoms in total. The average Bonchev–Trinajstić information content (AvgIpc) is 2.58. The van der Waals surface area contributed by atoms with Crippen LogP contribution in [-0.2, 0) is 4.79 Å². The summed E-state index contributed by atoms with van der Waals surface area (Å²) in [5, 5.41) is 2.79. The maximum Gasteiger partial charge on any atom is 0.262 e. The van der Waals surface area contributed by atoms with E-state index in [2.05, 4.69) is 5.32 Å². The number of fused-ring (bicyclic) bond motifs is 1. The van der Waals surface area contributed by atoms with Crippen molar-refractivity contribution in [3.63, 3.8) is 0 Å². The zero-order chi connectivity index (χ0) is 17.9. The number of amides is 2. The van der Waals surface area contributed by atoms with Gasteiger partial charge in [0.1, 0.15) is 5.75 Å². The molecule has 6 rings (SSSR count). The van der Waals surface area contributed by atoms with Gasteiger partial charge in [0.2, 0.25) is 0 Å². The number of nitrogens with zero attached hydrogens (tertiary/aromatic N) is 1. The second-order valence-corrected chi connectivity index (χ2v) is 9.13. The largest absolute Gasteiger partial charge is 0.482 e. The third kappa shape index (κ3) is 2.68. The Bertz CT molecular complexity index is 737. The Kier molecular flexibility index (Phi) is 3.56. The van der Waals surface area contributed by atoms with Crippen molar-refractivity contribution in [3.8, 4) is 5.75 Å². The van der Waals surface area contributed by atoms with Crippen LogP contribution in [0.4, 0.5) is 5.69 Å². The van der Waals surface area contributed by atoms with Gasteiger partial charge in [-0.05, 0) is 79.9 Å². The molecule has 0 aromatic heterocycles. The van der Waals surface area contributed by atoms with Gasteiger partial charge >= 0.3 is 0 Å². The predicted molar refractivity (Wildman–Crippen MR) is 98.1 cm³/mol. The number of anilines is 1. The number of benzene rings is 1. The first-order chi connectivity index (χ1) is 12.5. The Balaban J connectivity index is 1.33. The molecule has 1 aromatic rings. The van der Waals surface area contributed by atoms with Crippen molar-refractivity contribution in [3.05, 3.63) is 23.8 Å². The lowest BCUT2D eigenvalue weighted by Gasteiger charge is -2.57. The second-order valence-electron chi connectivity index (χ2n) is 9.13. The highest BCUT2D eigenvalue weighted by Gasteiger charge is 2.51. The van der Waals surface area contributed by atoms with Crippen molar-refractivity contribution >= 4 is 17.5 Å². The summed E-state index contributed by atoms with van der Waals surface area (Å²) in [6.07, 6.45) is 8.14. The van der Waals surface area contributed by atoms with Crippen LogP contribution in [-0.4, -0.2) is 36.9 Å². The fourth-order valence-electron chi connectivity index (χ4n) is 6.50. The first kappa shape index (κ1) is 16.2. The smallest absolute Gasteiger partial charge is 0.262 e. The van der Waals surface area contributed by atoms with E-state index in [1.165, 1.54) is 38.5 Å². The number of hydrogen-bond acceptors (Lipinski definition) is 3. The molecule has 1 aromatic carbocycles. The van der Waals surface area contributed by atoms with E-state index in [0.29, 0.717) is 22.4 Å². The molecule has 4 fully saturated rings. The molecule has 5 aliphatic rings. The number of rotatable bonds is 3. The average molecular weight is 354 g/mol. The van der Waals surface area contributed by atoms with Gasteiger partial charge in [0.15, 0.2) is 6.61 Å². The molecule has 2 amide bonds. The van der Waals surface area contributed by atoms with E-state index in [1.54, 1.807) is 18.2 Å². The first-order valence-corrected chi connectivity index (χ1v) is 9.82. The maximum absolute atomic E-state index is 13.0. The van der Waals surface area contributed by atoms with Crippen LogP contribution in [0.25, 0.3) is 0 Å². The van der Waals surface area contributed by atoms with Crippen molar-refractivity contribution < 1.29 is 14.3 Å². The summed E-state index contributed by atoms with van der Waals surface area (Å²) in [7, 11) is 1.93. The van der Waals surface area contributed by atoms with E-state index in [9.17, 15) is 9.59 Å². The number of ether oxygens (including phenoxy) is 1. The van der Waals surface area contributed by atoms with Crippen LogP contribution in [0.2, 0.25) is 0 Å². The van der Waals surface area contributed by atoms with E-state index in [4.69, 9.17) is 4.74 Å². The summed E-state index contributed by atoms with van der Waals surface area (Å²) < 4.78 is 5.38. The summed E-state index contributed by atoms with van der Waals surface area (Å²) in [4.78, 5) is 26.4. The third-order valence-corrected chi connectivity index (χ3v) is 6.94. The summed E-state index contributed by atoms with van der Waals surface area (Å²) >= 11 is 0. The van der Waals surface area contributed by atoms with Crippen molar-refractivity contribution in [2.75, 3.05) is 25.5 Å². The number of carbonyl (C=O) groups excluding carboxylic acids is 2. The molecular formula is C21H26N2O3. The minimum absolute atomic E-state index is 0.0309. The maximum atomic E-state index is 13.0. The molecule has 0 saturated heterocycles. The number of carbonyl (C=O) groups is 2. The van der Waals surface area contributed by atoms with Gasteiger partial charge in [0, 0.05) is 19.2 Å². The fraction of sp³-hybridized carbons (Fsp3) is 0.619. The Hall–Kier alpha value is -2.04. The molecule has 1 N–H and O–H groups in total. The summed E-state index contributed by atoms with van der Waals surface area (Å²) in [6, 6.07) is 5.32. The lowest BCUT2D eigenvalue weighted by molar-refractivity contribution is -0.118. The van der Waals surface area contributed by atoms with Gasteiger partial charge in [0.05, 0.1) is 5.69 Å². The van der Waals surface area contributed by atoms with Gasteiger partial charge in [0.25, 0.3) is 11.8 Å². The predicted octanol–water partition coefficient (Wildman–Crippen LogP) is 3.31. The Morgan fingerprint density at radius 1 is 1.19 bits per heavy atom. The monoisotopic (exact) mass is 354 g/mol. The van der Waals surface area contributed by atoms with Crippen molar-refractivity contribution in [1.82, 2.24) is 4.90 Å². The molecule has 4 bridgehead atoms. The zero-order valence-electron chi connectivity index (χ0n) is 15.3. The van der Waals surface area contributed by atoms with Crippen LogP contribution in [0.1, 0.15) is 48.9 Å². The highest BCUT2D eigenvalue weighted by atomic mass is 16.5. The van der Waals surface area contributed by atoms with Crippen LogP contribution in [0.5, 0.6) is 5.75 Å². The molecule has 1 aliphatic heterocycles. The second kappa shape index (κ2) is 5.73. The molecule has 1 heterocycles. The number of nitrogens with one attached hydrogen (secondary N) is 1. The minimum atomic E-state index is -0.177. The SMILES string of the molecule is CN(CC12CC3CC(CC(C3)C1)C2)C(=O)c1ccc2c(c1)NC(=O)CO2. The van der Waals surface area contributed by atoms with Crippen LogP contribution < -0.4 is 10.1 Å². The summed E-state index contributed by atoms with van der Waals surface area (Å²) in [5.41, 5.74) is 1.54. The van der Waals surface area contributed by atoms with E-state index in [-0.39, 0.29) is 18.4 Å². The third-order valence-electron chi connectivity index (χ3n) is 6.94. The van der Waals surface area contributed by atoms with E-state index in [1.807, 2.05) is 11.9 Å². The van der Waals surface area contributed by atoms with Gasteiger partial charge in [-0.3, -0.25) is 9.59 Å². The highest BCUT2D eigenvalue weighted by molar-refractivity contribution is 5.99. The molecule has 0 atom stereocenters. The fourth-order valence-corrected chi connectivity index (χ4v) is 6.50. The normalized spacial score (nSPS) is 34.0. The first-order valence-electron chi connectivity index (χ1n) is 9.82. The quantitative estimate of drug-likeness (QED) is 0.906. The van der Waals surface area contributed by atoms with E-state index in [0.717, 1.165) is 24.3 Å². The molecule has 4 saturated carbocycles. The van der Waals surface area contributed by atoms with Gasteiger partial charge < -0.3 is 15.0 Å². The minimum Gasteiger partial charge on any atom is -0.482 e. The lowest BCUT2D eigenvalue weighted by Crippen LogP contribution is -2.51. The zero-order valence-corrected chi connectivity index (χ0v) is 15.3. The van der Waals surface area contributed by atoms with Crippen LogP contribution in [0.15, 0.2) is 18.2 Å². The van der Waals surface area contributed by atoms with Gasteiger partial charge in [-0.25, -0.2) is 0 Å². The van der Waals surface area contributed by atoms with Gasteiger partial charge in [-0.1, -0.05) is 0 Å². The summed E-state index contributed by atoms with van der Waals surface area (Å²) in [5.74, 6) is 3.15. The molecule has 5 heteroatoms. The van der Waals surface area contributed by atoms with Crippen molar-refractivity contribution in [2.45, 2.75) is 38.5 Å². The summed E-state index contributed by atoms with van der Waals surface area (Å²) in [6.45, 7) is 0.890. The van der Waals surface area contributed by atoms with Crippen molar-refractivity contribution in [1.29, 1.82) is 0 Å². The molecule has 138 valence electrons. The Morgan fingerprint density at radius 2 is 1.85 bits per heavy atom. The van der Waals surface area contributed by atoms with E-state index >= 15 is 0 Å². The van der Waals surface area contributed by atoms with Gasteiger partial charge in [-0.15, -0.1) is 0 Å². The molecule has 4 aliphatic carbocycles. The van der Waals surface area contributed by atoms with Crippen LogP contribution in [0.3, 0.4) is 0 Å². The standard InChI is InChI=1S/C21H26N2O3/c1-23(12-21-8-13-4-14(9-21)6-15(5-13)10-21)20(25)16-2-3-18-17(7-16)22-19(24)11-26-18/h2-3,7,13-15H,4-6,8-12H2,1H3,(H,22,24). The Morgan fingerprint density at radius 3 is 2.50 bits per heavy atom. The molecule has 0 spiro atoms. The van der Waals surface area contributed by atoms with E-state index < -0.39 is 0 Å². The molecule has 26 heavy (non-hydrogen) atoms.